The zero-order valence-electron chi connectivity index (χ0n) is 12.9. The molecule has 1 aliphatic carbocycles. The summed E-state index contributed by atoms with van der Waals surface area (Å²) in [5.41, 5.74) is 0. The van der Waals surface area contributed by atoms with Crippen molar-refractivity contribution < 1.29 is 4.79 Å². The average molecular weight is 287 g/mol. The standard InChI is InChI=1S/C17H25N3O/c1-2-16-18-10-12-20(16)15-9-6-11-19(13-15)17(21)14-7-4-3-5-8-14/h3-4,10,12,14-15H,2,5-9,11,13H2,1H3. The van der Waals surface area contributed by atoms with Crippen LogP contribution < -0.4 is 0 Å². The minimum absolute atomic E-state index is 0.210. The number of imidazole rings is 1. The van der Waals surface area contributed by atoms with Gasteiger partial charge in [-0.3, -0.25) is 4.79 Å². The second kappa shape index (κ2) is 6.46. The van der Waals surface area contributed by atoms with E-state index in [4.69, 9.17) is 0 Å². The molecule has 1 fully saturated rings. The molecule has 1 aromatic heterocycles. The number of aromatic nitrogens is 2. The fourth-order valence-corrected chi connectivity index (χ4v) is 3.61. The van der Waals surface area contributed by atoms with Crippen molar-refractivity contribution in [1.82, 2.24) is 14.5 Å². The Bertz CT molecular complexity index is 520. The molecule has 2 unspecified atom stereocenters. The lowest BCUT2D eigenvalue weighted by Gasteiger charge is -2.36. The maximum atomic E-state index is 12.7. The number of carbonyl (C=O) groups excluding carboxylic acids is 1. The number of amides is 1. The topological polar surface area (TPSA) is 38.1 Å². The number of piperidine rings is 1. The number of nitrogens with zero attached hydrogens (tertiary/aromatic N) is 3. The lowest BCUT2D eigenvalue weighted by Crippen LogP contribution is -2.43. The molecule has 0 spiro atoms. The van der Waals surface area contributed by atoms with Crippen molar-refractivity contribution in [2.45, 2.75) is 51.5 Å². The monoisotopic (exact) mass is 287 g/mol. The highest BCUT2D eigenvalue weighted by molar-refractivity contribution is 5.79. The maximum absolute atomic E-state index is 12.7. The predicted octanol–water partition coefficient (Wildman–Crippen LogP) is 2.97. The molecule has 1 aliphatic heterocycles. The molecule has 4 heteroatoms. The molecule has 0 saturated carbocycles. The number of hydrogen-bond acceptors (Lipinski definition) is 2. The quantitative estimate of drug-likeness (QED) is 0.802. The third-order valence-corrected chi connectivity index (χ3v) is 4.78. The largest absolute Gasteiger partial charge is 0.340 e. The number of rotatable bonds is 3. The first-order chi connectivity index (χ1) is 10.3. The molecule has 1 saturated heterocycles. The van der Waals surface area contributed by atoms with Gasteiger partial charge in [-0.25, -0.2) is 4.98 Å². The fourth-order valence-electron chi connectivity index (χ4n) is 3.61. The van der Waals surface area contributed by atoms with Crippen molar-refractivity contribution in [1.29, 1.82) is 0 Å². The van der Waals surface area contributed by atoms with Gasteiger partial charge < -0.3 is 9.47 Å². The van der Waals surface area contributed by atoms with Gasteiger partial charge in [-0.1, -0.05) is 19.1 Å². The SMILES string of the molecule is CCc1nccn1C1CCCN(C(=O)C2CC=CCC2)C1. The van der Waals surface area contributed by atoms with Gasteiger partial charge in [-0.05, 0) is 32.1 Å². The Morgan fingerprint density at radius 3 is 3.05 bits per heavy atom. The van der Waals surface area contributed by atoms with Crippen molar-refractivity contribution in [2.75, 3.05) is 13.1 Å². The van der Waals surface area contributed by atoms with Gasteiger partial charge in [-0.15, -0.1) is 0 Å². The summed E-state index contributed by atoms with van der Waals surface area (Å²) in [5.74, 6) is 1.71. The summed E-state index contributed by atoms with van der Waals surface area (Å²) >= 11 is 0. The van der Waals surface area contributed by atoms with Crippen LogP contribution in [0.15, 0.2) is 24.5 Å². The summed E-state index contributed by atoms with van der Waals surface area (Å²) in [5, 5.41) is 0. The first-order valence-corrected chi connectivity index (χ1v) is 8.25. The summed E-state index contributed by atoms with van der Waals surface area (Å²) in [6.07, 6.45) is 14.5. The molecule has 114 valence electrons. The summed E-state index contributed by atoms with van der Waals surface area (Å²) in [4.78, 5) is 19.2. The van der Waals surface area contributed by atoms with E-state index in [2.05, 4.69) is 39.7 Å². The van der Waals surface area contributed by atoms with Crippen LogP contribution in [0, 0.1) is 5.92 Å². The van der Waals surface area contributed by atoms with Crippen molar-refractivity contribution >= 4 is 5.91 Å². The van der Waals surface area contributed by atoms with E-state index in [0.29, 0.717) is 11.9 Å². The van der Waals surface area contributed by atoms with Crippen LogP contribution >= 0.6 is 0 Å². The van der Waals surface area contributed by atoms with E-state index in [1.54, 1.807) is 0 Å². The Kier molecular flexibility index (Phi) is 4.42. The molecule has 0 aromatic carbocycles. The van der Waals surface area contributed by atoms with E-state index in [1.807, 2.05) is 6.20 Å². The summed E-state index contributed by atoms with van der Waals surface area (Å²) < 4.78 is 2.28. The Labute approximate surface area is 126 Å². The summed E-state index contributed by atoms with van der Waals surface area (Å²) in [6, 6.07) is 0.402. The van der Waals surface area contributed by atoms with Crippen LogP contribution in [-0.2, 0) is 11.2 Å². The van der Waals surface area contributed by atoms with E-state index in [9.17, 15) is 4.79 Å². The fraction of sp³-hybridized carbons (Fsp3) is 0.647. The van der Waals surface area contributed by atoms with Gasteiger partial charge in [0, 0.05) is 37.8 Å². The van der Waals surface area contributed by atoms with Gasteiger partial charge in [0.15, 0.2) is 0 Å². The highest BCUT2D eigenvalue weighted by atomic mass is 16.2. The number of aryl methyl sites for hydroxylation is 1. The molecule has 0 N–H and O–H groups in total. The molecular weight excluding hydrogens is 262 g/mol. The Hall–Kier alpha value is -1.58. The second-order valence-corrected chi connectivity index (χ2v) is 6.17. The molecule has 2 heterocycles. The third-order valence-electron chi connectivity index (χ3n) is 4.78. The highest BCUT2D eigenvalue weighted by Crippen LogP contribution is 2.27. The minimum Gasteiger partial charge on any atom is -0.340 e. The molecule has 0 bridgehead atoms. The van der Waals surface area contributed by atoms with Gasteiger partial charge in [-0.2, -0.15) is 0 Å². The van der Waals surface area contributed by atoms with Gasteiger partial charge in [0.25, 0.3) is 0 Å². The van der Waals surface area contributed by atoms with Crippen molar-refractivity contribution in [3.05, 3.63) is 30.4 Å². The maximum Gasteiger partial charge on any atom is 0.226 e. The van der Waals surface area contributed by atoms with Crippen LogP contribution in [0.5, 0.6) is 0 Å². The Morgan fingerprint density at radius 2 is 2.29 bits per heavy atom. The van der Waals surface area contributed by atoms with E-state index >= 15 is 0 Å². The van der Waals surface area contributed by atoms with E-state index < -0.39 is 0 Å². The van der Waals surface area contributed by atoms with Crippen LogP contribution in [0.1, 0.15) is 50.9 Å². The molecule has 21 heavy (non-hydrogen) atoms. The van der Waals surface area contributed by atoms with Crippen molar-refractivity contribution in [3.63, 3.8) is 0 Å². The third kappa shape index (κ3) is 3.04. The number of allylic oxidation sites excluding steroid dienone is 2. The molecule has 2 atom stereocenters. The highest BCUT2D eigenvalue weighted by Gasteiger charge is 2.29. The van der Waals surface area contributed by atoms with E-state index in [1.165, 1.54) is 0 Å². The van der Waals surface area contributed by atoms with Crippen LogP contribution in [0.25, 0.3) is 0 Å². The summed E-state index contributed by atoms with van der Waals surface area (Å²) in [6.45, 7) is 3.91. The zero-order valence-corrected chi connectivity index (χ0v) is 12.9. The Morgan fingerprint density at radius 1 is 1.38 bits per heavy atom. The lowest BCUT2D eigenvalue weighted by molar-refractivity contribution is -0.137. The van der Waals surface area contributed by atoms with Crippen LogP contribution in [0.2, 0.25) is 0 Å². The minimum atomic E-state index is 0.210. The van der Waals surface area contributed by atoms with Gasteiger partial charge in [0.05, 0.1) is 6.04 Å². The normalized spacial score (nSPS) is 26.0. The Balaban J connectivity index is 1.68. The zero-order chi connectivity index (χ0) is 14.7. The molecule has 1 aromatic rings. The van der Waals surface area contributed by atoms with Crippen LogP contribution in [0.4, 0.5) is 0 Å². The number of hydrogen-bond donors (Lipinski definition) is 0. The molecule has 4 nitrogen and oxygen atoms in total. The molecule has 3 rings (SSSR count). The van der Waals surface area contributed by atoms with Gasteiger partial charge in [0.1, 0.15) is 5.82 Å². The second-order valence-electron chi connectivity index (χ2n) is 6.17. The molecule has 0 radical (unpaired) electrons. The molecular formula is C17H25N3O. The smallest absolute Gasteiger partial charge is 0.226 e. The van der Waals surface area contributed by atoms with Crippen molar-refractivity contribution in [2.24, 2.45) is 5.92 Å². The summed E-state index contributed by atoms with van der Waals surface area (Å²) in [7, 11) is 0. The number of likely N-dealkylation sites (tertiary alicyclic amines) is 1. The first-order valence-electron chi connectivity index (χ1n) is 8.25. The number of carbonyl (C=O) groups is 1. The molecule has 2 aliphatic rings. The van der Waals surface area contributed by atoms with Gasteiger partial charge in [0.2, 0.25) is 5.91 Å². The van der Waals surface area contributed by atoms with Crippen LogP contribution in [-0.4, -0.2) is 33.4 Å². The molecule has 1 amide bonds. The van der Waals surface area contributed by atoms with Crippen molar-refractivity contribution in [3.8, 4) is 0 Å². The van der Waals surface area contributed by atoms with E-state index in [0.717, 1.165) is 57.4 Å². The van der Waals surface area contributed by atoms with E-state index in [-0.39, 0.29) is 5.92 Å². The average Bonchev–Trinajstić information content (AvgIpc) is 3.04. The van der Waals surface area contributed by atoms with Crippen LogP contribution in [0.3, 0.4) is 0 Å². The lowest BCUT2D eigenvalue weighted by atomic mass is 9.92. The van der Waals surface area contributed by atoms with Gasteiger partial charge >= 0.3 is 0 Å². The first kappa shape index (κ1) is 14.4. The predicted molar refractivity (Wildman–Crippen MR) is 82.9 cm³/mol.